The van der Waals surface area contributed by atoms with E-state index in [-0.39, 0.29) is 6.42 Å². The molecule has 1 unspecified atom stereocenters. The van der Waals surface area contributed by atoms with E-state index in [1.807, 2.05) is 6.07 Å². The largest absolute Gasteiger partial charge is 0.455 e. The van der Waals surface area contributed by atoms with E-state index in [4.69, 9.17) is 11.0 Å². The van der Waals surface area contributed by atoms with Gasteiger partial charge in [-0.25, -0.2) is 0 Å². The highest BCUT2D eigenvalue weighted by Gasteiger charge is 2.57. The van der Waals surface area contributed by atoms with Crippen molar-refractivity contribution in [1.82, 2.24) is 0 Å². The van der Waals surface area contributed by atoms with Gasteiger partial charge in [-0.1, -0.05) is 30.3 Å². The summed E-state index contributed by atoms with van der Waals surface area (Å²) in [5, 5.41) is 9.07. The maximum Gasteiger partial charge on any atom is 0.455 e. The lowest BCUT2D eigenvalue weighted by atomic mass is 9.89. The summed E-state index contributed by atoms with van der Waals surface area (Å²) >= 11 is 0. The number of rotatable bonds is 6. The summed E-state index contributed by atoms with van der Waals surface area (Å²) < 4.78 is 65.3. The molecule has 116 valence electrons. The van der Waals surface area contributed by atoms with Gasteiger partial charge in [0, 0.05) is 13.0 Å². The van der Waals surface area contributed by atoms with Gasteiger partial charge in [-0.15, -0.1) is 0 Å². The van der Waals surface area contributed by atoms with Crippen LogP contribution in [0.25, 0.3) is 0 Å². The first-order valence-corrected chi connectivity index (χ1v) is 5.90. The van der Waals surface area contributed by atoms with Crippen LogP contribution < -0.4 is 5.73 Å². The van der Waals surface area contributed by atoms with Gasteiger partial charge in [0.25, 0.3) is 0 Å². The number of nitrogens with zero attached hydrogens (tertiary/aromatic N) is 1. The molecular formula is C13H13F5N2O. The molecule has 0 aromatic heterocycles. The van der Waals surface area contributed by atoms with Crippen molar-refractivity contribution < 1.29 is 26.7 Å². The highest BCUT2D eigenvalue weighted by atomic mass is 19.4. The van der Waals surface area contributed by atoms with Crippen molar-refractivity contribution in [2.45, 2.75) is 24.1 Å². The van der Waals surface area contributed by atoms with Crippen LogP contribution in [0.15, 0.2) is 30.3 Å². The molecular weight excluding hydrogens is 295 g/mol. The van der Waals surface area contributed by atoms with Gasteiger partial charge in [0.05, 0.1) is 6.07 Å². The molecule has 0 amide bonds. The van der Waals surface area contributed by atoms with Gasteiger partial charge in [0.1, 0.15) is 12.1 Å². The van der Waals surface area contributed by atoms with E-state index < -0.39 is 30.9 Å². The molecule has 0 saturated heterocycles. The number of nitrogens with two attached hydrogens (primary N) is 1. The summed E-state index contributed by atoms with van der Waals surface area (Å²) in [4.78, 5) is 0. The summed E-state index contributed by atoms with van der Waals surface area (Å²) in [7, 11) is 0. The van der Waals surface area contributed by atoms with Crippen LogP contribution in [0.5, 0.6) is 0 Å². The predicted molar refractivity (Wildman–Crippen MR) is 64.4 cm³/mol. The lowest BCUT2D eigenvalue weighted by Crippen LogP contribution is -2.41. The molecule has 0 saturated carbocycles. The molecule has 0 aliphatic heterocycles. The minimum Gasteiger partial charge on any atom is -0.375 e. The van der Waals surface area contributed by atoms with Crippen molar-refractivity contribution in [3.8, 4) is 6.07 Å². The average Bonchev–Trinajstić information content (AvgIpc) is 2.43. The fourth-order valence-electron chi connectivity index (χ4n) is 1.52. The lowest BCUT2D eigenvalue weighted by Gasteiger charge is -2.23. The van der Waals surface area contributed by atoms with Crippen molar-refractivity contribution in [2.75, 3.05) is 13.2 Å². The van der Waals surface area contributed by atoms with E-state index in [2.05, 4.69) is 4.74 Å². The van der Waals surface area contributed by atoms with Crippen LogP contribution >= 0.6 is 0 Å². The van der Waals surface area contributed by atoms with Crippen molar-refractivity contribution in [3.63, 3.8) is 0 Å². The zero-order valence-corrected chi connectivity index (χ0v) is 10.8. The van der Waals surface area contributed by atoms with E-state index in [1.165, 1.54) is 0 Å². The summed E-state index contributed by atoms with van der Waals surface area (Å²) in [6, 6.07) is 9.90. The summed E-state index contributed by atoms with van der Waals surface area (Å²) in [6.45, 7) is -2.29. The van der Waals surface area contributed by atoms with Crippen molar-refractivity contribution >= 4 is 0 Å². The Morgan fingerprint density at radius 1 is 1.10 bits per heavy atom. The Kier molecular flexibility index (Phi) is 5.25. The van der Waals surface area contributed by atoms with Crippen LogP contribution in [-0.4, -0.2) is 25.3 Å². The molecule has 0 spiro atoms. The first kappa shape index (κ1) is 17.3. The SMILES string of the molecule is N#CC(N)(CCOCC(F)(F)C(F)(F)F)c1ccccc1. The first-order chi connectivity index (χ1) is 9.62. The number of hydrogen-bond acceptors (Lipinski definition) is 3. The third-order valence-corrected chi connectivity index (χ3v) is 2.83. The number of benzene rings is 1. The van der Waals surface area contributed by atoms with Crippen LogP contribution in [0.1, 0.15) is 12.0 Å². The minimum atomic E-state index is -5.67. The number of hydrogen-bond donors (Lipinski definition) is 1. The smallest absolute Gasteiger partial charge is 0.375 e. The molecule has 2 N–H and O–H groups in total. The summed E-state index contributed by atoms with van der Waals surface area (Å²) in [6.07, 6.45) is -5.87. The molecule has 1 rings (SSSR count). The zero-order chi connectivity index (χ0) is 16.1. The van der Waals surface area contributed by atoms with Gasteiger partial charge in [0.15, 0.2) is 0 Å². The molecule has 0 fully saturated rings. The molecule has 1 atom stereocenters. The Labute approximate surface area is 118 Å². The molecule has 0 aliphatic rings. The van der Waals surface area contributed by atoms with Crippen molar-refractivity contribution in [1.29, 1.82) is 5.26 Å². The molecule has 21 heavy (non-hydrogen) atoms. The van der Waals surface area contributed by atoms with Gasteiger partial charge in [-0.3, -0.25) is 0 Å². The first-order valence-electron chi connectivity index (χ1n) is 5.90. The molecule has 0 bridgehead atoms. The van der Waals surface area contributed by atoms with E-state index in [9.17, 15) is 22.0 Å². The third-order valence-electron chi connectivity index (χ3n) is 2.83. The number of alkyl halides is 5. The fourth-order valence-corrected chi connectivity index (χ4v) is 1.52. The molecule has 1 aromatic carbocycles. The van der Waals surface area contributed by atoms with Gasteiger partial charge in [-0.2, -0.15) is 27.2 Å². The standard InChI is InChI=1S/C13H13F5N2O/c14-12(15,13(16,17)18)9-21-7-6-11(20,8-19)10-4-2-1-3-5-10/h1-5H,6-7,9,20H2. The van der Waals surface area contributed by atoms with Crippen molar-refractivity contribution in [3.05, 3.63) is 35.9 Å². The van der Waals surface area contributed by atoms with Gasteiger partial charge in [-0.05, 0) is 5.56 Å². The fraction of sp³-hybridized carbons (Fsp3) is 0.462. The molecule has 1 aromatic rings. The quantitative estimate of drug-likeness (QED) is 0.649. The number of ether oxygens (including phenoxy) is 1. The second-order valence-electron chi connectivity index (χ2n) is 4.45. The summed E-state index contributed by atoms with van der Waals surface area (Å²) in [5.74, 6) is -4.93. The predicted octanol–water partition coefficient (Wildman–Crippen LogP) is 2.97. The van der Waals surface area contributed by atoms with E-state index >= 15 is 0 Å². The van der Waals surface area contributed by atoms with Crippen LogP contribution in [0.2, 0.25) is 0 Å². The Morgan fingerprint density at radius 2 is 1.67 bits per heavy atom. The van der Waals surface area contributed by atoms with Crippen LogP contribution in [0.3, 0.4) is 0 Å². The highest BCUT2D eigenvalue weighted by Crippen LogP contribution is 2.35. The molecule has 0 heterocycles. The lowest BCUT2D eigenvalue weighted by molar-refractivity contribution is -0.296. The van der Waals surface area contributed by atoms with Gasteiger partial charge in [0.2, 0.25) is 0 Å². The Morgan fingerprint density at radius 3 is 2.14 bits per heavy atom. The second kappa shape index (κ2) is 6.37. The van der Waals surface area contributed by atoms with Crippen molar-refractivity contribution in [2.24, 2.45) is 5.73 Å². The Balaban J connectivity index is 2.57. The van der Waals surface area contributed by atoms with Crippen LogP contribution in [0, 0.1) is 11.3 Å². The molecule has 0 radical (unpaired) electrons. The van der Waals surface area contributed by atoms with Gasteiger partial charge >= 0.3 is 12.1 Å². The Hall–Kier alpha value is -1.72. The van der Waals surface area contributed by atoms with Crippen LogP contribution in [0.4, 0.5) is 22.0 Å². The van der Waals surface area contributed by atoms with E-state index in [0.29, 0.717) is 5.56 Å². The Bertz CT molecular complexity index is 498. The third kappa shape index (κ3) is 4.37. The molecule has 3 nitrogen and oxygen atoms in total. The minimum absolute atomic E-state index is 0.207. The maximum absolute atomic E-state index is 12.6. The normalized spacial score (nSPS) is 15.3. The van der Waals surface area contributed by atoms with E-state index in [0.717, 1.165) is 0 Å². The number of nitriles is 1. The van der Waals surface area contributed by atoms with Crippen LogP contribution in [-0.2, 0) is 10.3 Å². The maximum atomic E-state index is 12.6. The topological polar surface area (TPSA) is 59.0 Å². The average molecular weight is 308 g/mol. The number of halogens is 5. The zero-order valence-electron chi connectivity index (χ0n) is 10.8. The van der Waals surface area contributed by atoms with E-state index in [1.54, 1.807) is 30.3 Å². The second-order valence-corrected chi connectivity index (χ2v) is 4.45. The highest BCUT2D eigenvalue weighted by molar-refractivity contribution is 5.30. The summed E-state index contributed by atoms with van der Waals surface area (Å²) in [5.41, 5.74) is 4.73. The monoisotopic (exact) mass is 308 g/mol. The van der Waals surface area contributed by atoms with Gasteiger partial charge < -0.3 is 10.5 Å². The molecule has 0 aliphatic carbocycles. The molecule has 8 heteroatoms.